The highest BCUT2D eigenvalue weighted by atomic mass is 35.5. The van der Waals surface area contributed by atoms with Gasteiger partial charge in [0.1, 0.15) is 33.5 Å². The van der Waals surface area contributed by atoms with Crippen molar-refractivity contribution in [3.8, 4) is 0 Å². The van der Waals surface area contributed by atoms with Crippen LogP contribution in [0.3, 0.4) is 0 Å². The SMILES string of the molecule is O=[N+]([O-])c1cc([P+](c2ccccc2)(c2ccccc2)c2ccccc2)ccc1Cl. The monoisotopic (exact) mass is 418 g/mol. The largest absolute Gasteiger partial charge is 0.291 e. The third-order valence-corrected chi connectivity index (χ3v) is 9.53. The van der Waals surface area contributed by atoms with E-state index in [2.05, 4.69) is 36.4 Å². The van der Waals surface area contributed by atoms with Gasteiger partial charge >= 0.3 is 0 Å². The Morgan fingerprint density at radius 2 is 1.03 bits per heavy atom. The Morgan fingerprint density at radius 3 is 1.41 bits per heavy atom. The Kier molecular flexibility index (Phi) is 5.44. The van der Waals surface area contributed by atoms with Gasteiger partial charge in [-0.1, -0.05) is 66.2 Å². The van der Waals surface area contributed by atoms with Crippen LogP contribution in [0, 0.1) is 10.1 Å². The molecule has 4 rings (SSSR count). The van der Waals surface area contributed by atoms with E-state index in [-0.39, 0.29) is 10.7 Å². The second-order valence-electron chi connectivity index (χ2n) is 6.57. The fourth-order valence-corrected chi connectivity index (χ4v) is 8.15. The average Bonchev–Trinajstić information content (AvgIpc) is 2.77. The molecule has 0 aromatic heterocycles. The maximum atomic E-state index is 11.6. The molecular weight excluding hydrogens is 401 g/mol. The van der Waals surface area contributed by atoms with E-state index in [0.29, 0.717) is 0 Å². The molecule has 0 fully saturated rings. The molecular formula is C24H18ClNO2P+. The molecule has 0 saturated heterocycles. The number of hydrogen-bond acceptors (Lipinski definition) is 2. The lowest BCUT2D eigenvalue weighted by Gasteiger charge is -2.27. The predicted molar refractivity (Wildman–Crippen MR) is 123 cm³/mol. The minimum Gasteiger partial charge on any atom is -0.258 e. The van der Waals surface area contributed by atoms with E-state index in [0.717, 1.165) is 21.2 Å². The lowest BCUT2D eigenvalue weighted by atomic mass is 10.3. The van der Waals surface area contributed by atoms with Crippen LogP contribution in [0.15, 0.2) is 109 Å². The van der Waals surface area contributed by atoms with Crippen molar-refractivity contribution >= 4 is 45.8 Å². The Bertz CT molecular complexity index is 1040. The van der Waals surface area contributed by atoms with Crippen molar-refractivity contribution in [3.05, 3.63) is 124 Å². The number of nitrogens with zero attached hydrogens (tertiary/aromatic N) is 1. The first-order chi connectivity index (χ1) is 14.1. The second-order valence-corrected chi connectivity index (χ2v) is 10.4. The van der Waals surface area contributed by atoms with Gasteiger partial charge in [0.2, 0.25) is 0 Å². The van der Waals surface area contributed by atoms with Gasteiger partial charge in [0.25, 0.3) is 5.69 Å². The highest BCUT2D eigenvalue weighted by molar-refractivity contribution is 8.01. The van der Waals surface area contributed by atoms with Gasteiger partial charge in [-0.05, 0) is 48.5 Å². The Balaban J connectivity index is 2.15. The fourth-order valence-electron chi connectivity index (χ4n) is 3.70. The van der Waals surface area contributed by atoms with Gasteiger partial charge in [-0.3, -0.25) is 10.1 Å². The van der Waals surface area contributed by atoms with E-state index in [1.54, 1.807) is 12.1 Å². The summed E-state index contributed by atoms with van der Waals surface area (Å²) in [7, 11) is -2.36. The Labute approximate surface area is 175 Å². The van der Waals surface area contributed by atoms with Crippen molar-refractivity contribution in [2.24, 2.45) is 0 Å². The maximum absolute atomic E-state index is 11.6. The van der Waals surface area contributed by atoms with Gasteiger partial charge in [-0.25, -0.2) is 0 Å². The number of nitro benzene ring substituents is 1. The first-order valence-electron chi connectivity index (χ1n) is 9.14. The minimum atomic E-state index is -2.36. The summed E-state index contributed by atoms with van der Waals surface area (Å²) in [5.41, 5.74) is -0.0728. The summed E-state index contributed by atoms with van der Waals surface area (Å²) in [5.74, 6) is 0. The molecule has 0 saturated carbocycles. The van der Waals surface area contributed by atoms with Crippen LogP contribution in [0.5, 0.6) is 0 Å². The lowest BCUT2D eigenvalue weighted by Crippen LogP contribution is -2.38. The lowest BCUT2D eigenvalue weighted by molar-refractivity contribution is -0.384. The third-order valence-electron chi connectivity index (χ3n) is 4.94. The topological polar surface area (TPSA) is 43.1 Å². The molecule has 0 radical (unpaired) electrons. The first-order valence-corrected chi connectivity index (χ1v) is 11.3. The summed E-state index contributed by atoms with van der Waals surface area (Å²) in [5, 5.41) is 16.1. The van der Waals surface area contributed by atoms with E-state index >= 15 is 0 Å². The van der Waals surface area contributed by atoms with Crippen molar-refractivity contribution < 1.29 is 4.92 Å². The van der Waals surface area contributed by atoms with Gasteiger partial charge < -0.3 is 0 Å². The van der Waals surface area contributed by atoms with Crippen LogP contribution in [-0.4, -0.2) is 4.92 Å². The van der Waals surface area contributed by atoms with Gasteiger partial charge in [-0.15, -0.1) is 0 Å². The summed E-state index contributed by atoms with van der Waals surface area (Å²) >= 11 is 6.15. The molecule has 0 bridgehead atoms. The van der Waals surface area contributed by atoms with E-state index < -0.39 is 12.2 Å². The second kappa shape index (κ2) is 8.16. The molecule has 0 N–H and O–H groups in total. The van der Waals surface area contributed by atoms with Crippen LogP contribution in [0.2, 0.25) is 5.02 Å². The number of benzene rings is 4. The molecule has 0 aliphatic heterocycles. The maximum Gasteiger partial charge on any atom is 0.291 e. The Hall–Kier alpha value is -3.00. The van der Waals surface area contributed by atoms with Crippen molar-refractivity contribution in [3.63, 3.8) is 0 Å². The quantitative estimate of drug-likeness (QED) is 0.264. The average molecular weight is 419 g/mol. The zero-order valence-electron chi connectivity index (χ0n) is 15.5. The molecule has 0 unspecified atom stereocenters. The van der Waals surface area contributed by atoms with Crippen LogP contribution < -0.4 is 21.2 Å². The number of nitro groups is 1. The van der Waals surface area contributed by atoms with E-state index in [4.69, 9.17) is 11.6 Å². The highest BCUT2D eigenvalue weighted by Crippen LogP contribution is 2.54. The molecule has 4 aromatic rings. The zero-order valence-corrected chi connectivity index (χ0v) is 17.1. The van der Waals surface area contributed by atoms with Crippen LogP contribution in [0.1, 0.15) is 0 Å². The molecule has 142 valence electrons. The summed E-state index contributed by atoms with van der Waals surface area (Å²) in [6.07, 6.45) is 0. The van der Waals surface area contributed by atoms with Crippen molar-refractivity contribution in [1.29, 1.82) is 0 Å². The third kappa shape index (κ3) is 3.44. The van der Waals surface area contributed by atoms with Crippen molar-refractivity contribution in [1.82, 2.24) is 0 Å². The number of rotatable bonds is 5. The molecule has 0 heterocycles. The minimum absolute atomic E-state index is 0.0728. The van der Waals surface area contributed by atoms with Gasteiger partial charge in [-0.2, -0.15) is 0 Å². The summed E-state index contributed by atoms with van der Waals surface area (Å²) in [4.78, 5) is 11.2. The summed E-state index contributed by atoms with van der Waals surface area (Å²) in [6.45, 7) is 0. The van der Waals surface area contributed by atoms with Crippen LogP contribution >= 0.6 is 18.9 Å². The van der Waals surface area contributed by atoms with Crippen LogP contribution in [0.4, 0.5) is 5.69 Å². The van der Waals surface area contributed by atoms with E-state index in [1.165, 1.54) is 0 Å². The smallest absolute Gasteiger partial charge is 0.258 e. The molecule has 3 nitrogen and oxygen atoms in total. The zero-order chi connectivity index (χ0) is 20.3. The molecule has 0 amide bonds. The molecule has 5 heteroatoms. The van der Waals surface area contributed by atoms with Crippen molar-refractivity contribution in [2.75, 3.05) is 0 Å². The highest BCUT2D eigenvalue weighted by Gasteiger charge is 2.48. The van der Waals surface area contributed by atoms with Crippen LogP contribution in [-0.2, 0) is 0 Å². The summed E-state index contributed by atoms with van der Waals surface area (Å²) in [6, 6.07) is 35.9. The Morgan fingerprint density at radius 1 is 0.621 bits per heavy atom. The number of hydrogen-bond donors (Lipinski definition) is 0. The van der Waals surface area contributed by atoms with E-state index in [1.807, 2.05) is 60.7 Å². The molecule has 0 spiro atoms. The predicted octanol–water partition coefficient (Wildman–Crippen LogP) is 4.87. The normalized spacial score (nSPS) is 11.2. The van der Waals surface area contributed by atoms with Gasteiger partial charge in [0.15, 0.2) is 0 Å². The number of halogens is 1. The molecule has 0 aliphatic rings. The molecule has 0 aliphatic carbocycles. The van der Waals surface area contributed by atoms with Crippen LogP contribution in [0.25, 0.3) is 0 Å². The van der Waals surface area contributed by atoms with E-state index in [9.17, 15) is 10.1 Å². The van der Waals surface area contributed by atoms with Gasteiger partial charge in [0.05, 0.1) is 11.0 Å². The van der Waals surface area contributed by atoms with Gasteiger partial charge in [0, 0.05) is 0 Å². The fraction of sp³-hybridized carbons (Fsp3) is 0. The molecule has 4 aromatic carbocycles. The van der Waals surface area contributed by atoms with Crippen molar-refractivity contribution in [2.45, 2.75) is 0 Å². The summed E-state index contributed by atoms with van der Waals surface area (Å²) < 4.78 is 0. The molecule has 0 atom stereocenters. The first kappa shape index (κ1) is 19.3. The standard InChI is InChI=1S/C24H18ClNO2P/c25-23-17-16-22(18-24(23)26(27)28)29(19-10-4-1-5-11-19,20-12-6-2-7-13-20)21-14-8-3-9-15-21/h1-18H/q+1. The molecule has 29 heavy (non-hydrogen) atoms.